The van der Waals surface area contributed by atoms with Crippen LogP contribution in [0.4, 0.5) is 5.69 Å². The number of non-ortho nitro benzene ring substituents is 1. The van der Waals surface area contributed by atoms with Crippen LogP contribution in [0, 0.1) is 21.4 Å². The van der Waals surface area contributed by atoms with Crippen LogP contribution in [0.1, 0.15) is 30.0 Å². The predicted molar refractivity (Wildman–Crippen MR) is 144 cm³/mol. The Morgan fingerprint density at radius 1 is 1.11 bits per heavy atom. The van der Waals surface area contributed by atoms with E-state index in [1.807, 2.05) is 43.3 Å². The smallest absolute Gasteiger partial charge is 0.269 e. The van der Waals surface area contributed by atoms with Gasteiger partial charge in [0.15, 0.2) is 11.5 Å². The molecule has 0 saturated carbocycles. The van der Waals surface area contributed by atoms with E-state index in [4.69, 9.17) is 9.47 Å². The van der Waals surface area contributed by atoms with E-state index in [0.717, 1.165) is 12.8 Å². The second-order valence-corrected chi connectivity index (χ2v) is 8.85. The van der Waals surface area contributed by atoms with Crippen molar-refractivity contribution in [3.8, 4) is 17.6 Å². The molecule has 190 valence electrons. The first-order valence-corrected chi connectivity index (χ1v) is 12.5. The highest BCUT2D eigenvalue weighted by atomic mass is 79.9. The number of aryl methyl sites for hydroxylation is 1. The van der Waals surface area contributed by atoms with Crippen molar-refractivity contribution in [3.63, 3.8) is 0 Å². The number of nitro benzene ring substituents is 1. The summed E-state index contributed by atoms with van der Waals surface area (Å²) >= 11 is 3.48. The van der Waals surface area contributed by atoms with Gasteiger partial charge in [-0.15, -0.1) is 0 Å². The topological polar surface area (TPSA) is 114 Å². The van der Waals surface area contributed by atoms with Crippen LogP contribution in [-0.2, 0) is 17.8 Å². The van der Waals surface area contributed by atoms with Crippen LogP contribution in [0.25, 0.3) is 6.08 Å². The molecule has 0 radical (unpaired) electrons. The number of carbonyl (C=O) groups excluding carboxylic acids is 1. The van der Waals surface area contributed by atoms with Gasteiger partial charge < -0.3 is 14.8 Å². The molecule has 0 aromatic heterocycles. The molecule has 3 rings (SSSR count). The fourth-order valence-electron chi connectivity index (χ4n) is 3.54. The minimum Gasteiger partial charge on any atom is -0.490 e. The van der Waals surface area contributed by atoms with Gasteiger partial charge in [0, 0.05) is 18.7 Å². The number of halogens is 1. The van der Waals surface area contributed by atoms with Crippen molar-refractivity contribution in [2.24, 2.45) is 0 Å². The number of benzene rings is 3. The maximum atomic E-state index is 12.6. The van der Waals surface area contributed by atoms with Gasteiger partial charge in [-0.25, -0.2) is 0 Å². The maximum absolute atomic E-state index is 12.6. The summed E-state index contributed by atoms with van der Waals surface area (Å²) in [7, 11) is 0. The standard InChI is InChI=1S/C28H26BrN3O5/c1-2-36-26-17-22(14-23(18-30)28(33)31-13-7-11-20-8-4-3-5-9-20)16-25(29)27(26)37-19-21-10-6-12-24(15-21)32(34)35/h3-6,8-10,12,14-17H,2,7,11,13,19H2,1H3,(H,31,33)/b23-14-. The van der Waals surface area contributed by atoms with Crippen molar-refractivity contribution in [1.82, 2.24) is 5.32 Å². The van der Waals surface area contributed by atoms with E-state index in [0.29, 0.717) is 40.3 Å². The van der Waals surface area contributed by atoms with Gasteiger partial charge in [0.05, 0.1) is 16.0 Å². The molecular formula is C28H26BrN3O5. The molecule has 0 saturated heterocycles. The number of nitriles is 1. The summed E-state index contributed by atoms with van der Waals surface area (Å²) in [5, 5.41) is 23.4. The first kappa shape index (κ1) is 27.4. The summed E-state index contributed by atoms with van der Waals surface area (Å²) in [4.78, 5) is 23.1. The van der Waals surface area contributed by atoms with Crippen LogP contribution in [0.15, 0.2) is 76.8 Å². The monoisotopic (exact) mass is 563 g/mol. The number of hydrogen-bond acceptors (Lipinski definition) is 6. The molecule has 0 unspecified atom stereocenters. The zero-order valence-electron chi connectivity index (χ0n) is 20.3. The van der Waals surface area contributed by atoms with Gasteiger partial charge in [0.25, 0.3) is 11.6 Å². The second kappa shape index (κ2) is 13.8. The molecule has 0 atom stereocenters. The van der Waals surface area contributed by atoms with E-state index in [1.165, 1.54) is 23.8 Å². The molecule has 0 aliphatic carbocycles. The predicted octanol–water partition coefficient (Wildman–Crippen LogP) is 5.99. The molecule has 0 fully saturated rings. The highest BCUT2D eigenvalue weighted by Crippen LogP contribution is 2.38. The molecule has 9 heteroatoms. The zero-order chi connectivity index (χ0) is 26.6. The highest BCUT2D eigenvalue weighted by Gasteiger charge is 2.15. The van der Waals surface area contributed by atoms with Crippen molar-refractivity contribution in [2.45, 2.75) is 26.4 Å². The van der Waals surface area contributed by atoms with E-state index < -0.39 is 10.8 Å². The third-order valence-corrected chi connectivity index (χ3v) is 5.87. The highest BCUT2D eigenvalue weighted by molar-refractivity contribution is 9.10. The van der Waals surface area contributed by atoms with Gasteiger partial charge in [-0.2, -0.15) is 5.26 Å². The number of ether oxygens (including phenoxy) is 2. The Hall–Kier alpha value is -4.16. The first-order chi connectivity index (χ1) is 17.9. The fourth-order valence-corrected chi connectivity index (χ4v) is 4.11. The van der Waals surface area contributed by atoms with Crippen LogP contribution in [0.2, 0.25) is 0 Å². The third-order valence-electron chi connectivity index (χ3n) is 5.28. The number of amides is 1. The Morgan fingerprint density at radius 2 is 1.86 bits per heavy atom. The number of hydrogen-bond donors (Lipinski definition) is 1. The summed E-state index contributed by atoms with van der Waals surface area (Å²) in [6.45, 7) is 2.72. The van der Waals surface area contributed by atoms with Crippen molar-refractivity contribution < 1.29 is 19.2 Å². The largest absolute Gasteiger partial charge is 0.490 e. The van der Waals surface area contributed by atoms with Crippen molar-refractivity contribution in [1.29, 1.82) is 5.26 Å². The molecule has 0 spiro atoms. The van der Waals surface area contributed by atoms with Gasteiger partial charge in [-0.1, -0.05) is 42.5 Å². The number of nitrogens with one attached hydrogen (secondary N) is 1. The molecular weight excluding hydrogens is 538 g/mol. The van der Waals surface area contributed by atoms with E-state index >= 15 is 0 Å². The summed E-state index contributed by atoms with van der Waals surface area (Å²) in [5.74, 6) is 0.374. The molecule has 0 aliphatic heterocycles. The molecule has 3 aromatic carbocycles. The second-order valence-electron chi connectivity index (χ2n) is 7.99. The van der Waals surface area contributed by atoms with Gasteiger partial charge in [0.2, 0.25) is 0 Å². The lowest BCUT2D eigenvalue weighted by molar-refractivity contribution is -0.384. The van der Waals surface area contributed by atoms with Crippen molar-refractivity contribution in [2.75, 3.05) is 13.2 Å². The van der Waals surface area contributed by atoms with Gasteiger partial charge in [0.1, 0.15) is 18.2 Å². The summed E-state index contributed by atoms with van der Waals surface area (Å²) in [5.41, 5.74) is 2.35. The Balaban J connectivity index is 1.70. The summed E-state index contributed by atoms with van der Waals surface area (Å²) in [6.07, 6.45) is 3.07. The van der Waals surface area contributed by atoms with Gasteiger partial charge in [-0.3, -0.25) is 14.9 Å². The van der Waals surface area contributed by atoms with Crippen LogP contribution >= 0.6 is 15.9 Å². The normalized spacial score (nSPS) is 10.9. The van der Waals surface area contributed by atoms with Crippen molar-refractivity contribution in [3.05, 3.63) is 104 Å². The average Bonchev–Trinajstić information content (AvgIpc) is 2.90. The van der Waals surface area contributed by atoms with Crippen LogP contribution in [-0.4, -0.2) is 24.0 Å². The molecule has 0 heterocycles. The Bertz CT molecular complexity index is 1320. The Kier molecular flexibility index (Phi) is 10.2. The van der Waals surface area contributed by atoms with Crippen molar-refractivity contribution >= 4 is 33.6 Å². The third kappa shape index (κ3) is 8.19. The quantitative estimate of drug-likeness (QED) is 0.0950. The van der Waals surface area contributed by atoms with E-state index in [1.54, 1.807) is 24.3 Å². The lowest BCUT2D eigenvalue weighted by Gasteiger charge is -2.15. The average molecular weight is 564 g/mol. The van der Waals surface area contributed by atoms with Crippen LogP contribution in [0.5, 0.6) is 11.5 Å². The first-order valence-electron chi connectivity index (χ1n) is 11.7. The summed E-state index contributed by atoms with van der Waals surface area (Å²) < 4.78 is 12.2. The Labute approximate surface area is 223 Å². The lowest BCUT2D eigenvalue weighted by atomic mass is 10.1. The van der Waals surface area contributed by atoms with Crippen LogP contribution < -0.4 is 14.8 Å². The minimum absolute atomic E-state index is 0.0203. The molecule has 1 N–H and O–H groups in total. The van der Waals surface area contributed by atoms with E-state index in [-0.39, 0.29) is 17.9 Å². The summed E-state index contributed by atoms with van der Waals surface area (Å²) in [6, 6.07) is 21.5. The SMILES string of the molecule is CCOc1cc(/C=C(/C#N)C(=O)NCCCc2ccccc2)cc(Br)c1OCc1cccc([N+](=O)[O-])c1. The molecule has 0 bridgehead atoms. The lowest BCUT2D eigenvalue weighted by Crippen LogP contribution is -2.25. The number of nitro groups is 1. The molecule has 37 heavy (non-hydrogen) atoms. The molecule has 0 aliphatic rings. The van der Waals surface area contributed by atoms with E-state index in [9.17, 15) is 20.2 Å². The fraction of sp³-hybridized carbons (Fsp3) is 0.214. The molecule has 3 aromatic rings. The maximum Gasteiger partial charge on any atom is 0.269 e. The number of carbonyl (C=O) groups is 1. The van der Waals surface area contributed by atoms with Crippen LogP contribution in [0.3, 0.4) is 0 Å². The Morgan fingerprint density at radius 3 is 2.57 bits per heavy atom. The van der Waals surface area contributed by atoms with E-state index in [2.05, 4.69) is 21.2 Å². The number of rotatable bonds is 12. The zero-order valence-corrected chi connectivity index (χ0v) is 21.9. The molecule has 8 nitrogen and oxygen atoms in total. The number of nitrogens with zero attached hydrogens (tertiary/aromatic N) is 2. The van der Waals surface area contributed by atoms with Gasteiger partial charge >= 0.3 is 0 Å². The minimum atomic E-state index is -0.460. The van der Waals surface area contributed by atoms with Gasteiger partial charge in [-0.05, 0) is 70.6 Å². The molecule has 1 amide bonds.